The van der Waals surface area contributed by atoms with Crippen molar-refractivity contribution < 1.29 is 13.5 Å². The molecule has 0 aromatic rings. The summed E-state index contributed by atoms with van der Waals surface area (Å²) in [6.45, 7) is 3.29. The van der Waals surface area contributed by atoms with E-state index < -0.39 is 15.6 Å². The summed E-state index contributed by atoms with van der Waals surface area (Å²) in [6, 6.07) is 0.0931. The Labute approximate surface area is 96.9 Å². The first kappa shape index (κ1) is 12.3. The van der Waals surface area contributed by atoms with Crippen LogP contribution in [0.2, 0.25) is 0 Å². The second-order valence-corrected chi connectivity index (χ2v) is 7.17. The number of nitrogens with one attached hydrogen (secondary N) is 1. The van der Waals surface area contributed by atoms with Crippen molar-refractivity contribution in [1.82, 2.24) is 9.62 Å². The van der Waals surface area contributed by atoms with Gasteiger partial charge in [0.2, 0.25) is 10.0 Å². The maximum Gasteiger partial charge on any atom is 0.215 e. The summed E-state index contributed by atoms with van der Waals surface area (Å²) in [5, 5.41) is 13.0. The Morgan fingerprint density at radius 2 is 2.31 bits per heavy atom. The van der Waals surface area contributed by atoms with Crippen LogP contribution in [0, 0.1) is 0 Å². The van der Waals surface area contributed by atoms with Gasteiger partial charge in [-0.05, 0) is 32.7 Å². The highest BCUT2D eigenvalue weighted by Crippen LogP contribution is 2.24. The number of aliphatic hydroxyl groups is 1. The van der Waals surface area contributed by atoms with Gasteiger partial charge in [0.25, 0.3) is 0 Å². The van der Waals surface area contributed by atoms with Crippen molar-refractivity contribution in [3.63, 3.8) is 0 Å². The predicted octanol–water partition coefficient (Wildman–Crippen LogP) is -0.475. The zero-order valence-electron chi connectivity index (χ0n) is 9.65. The van der Waals surface area contributed by atoms with Crippen LogP contribution in [-0.4, -0.2) is 54.9 Å². The first-order chi connectivity index (χ1) is 7.39. The molecule has 16 heavy (non-hydrogen) atoms. The quantitative estimate of drug-likeness (QED) is 0.708. The fraction of sp³-hybridized carbons (Fsp3) is 1.00. The maximum atomic E-state index is 12.1. The molecule has 0 saturated carbocycles. The highest BCUT2D eigenvalue weighted by Gasteiger charge is 2.38. The van der Waals surface area contributed by atoms with E-state index in [2.05, 4.69) is 5.32 Å². The first-order valence-corrected chi connectivity index (χ1v) is 7.44. The third-order valence-corrected chi connectivity index (χ3v) is 5.31. The molecule has 2 N–H and O–H groups in total. The van der Waals surface area contributed by atoms with Crippen molar-refractivity contribution in [2.24, 2.45) is 0 Å². The summed E-state index contributed by atoms with van der Waals surface area (Å²) in [5.41, 5.74) is -0.851. The lowest BCUT2D eigenvalue weighted by Gasteiger charge is -2.20. The molecule has 2 fully saturated rings. The second kappa shape index (κ2) is 4.25. The number of hydrogen-bond donors (Lipinski definition) is 2. The number of rotatable bonds is 3. The molecule has 0 spiro atoms. The molecule has 0 amide bonds. The summed E-state index contributed by atoms with van der Waals surface area (Å²) < 4.78 is 25.5. The van der Waals surface area contributed by atoms with Crippen LogP contribution >= 0.6 is 0 Å². The van der Waals surface area contributed by atoms with Gasteiger partial charge in [-0.1, -0.05) is 0 Å². The van der Waals surface area contributed by atoms with Gasteiger partial charge in [-0.15, -0.1) is 0 Å². The van der Waals surface area contributed by atoms with Gasteiger partial charge in [0.15, 0.2) is 0 Å². The van der Waals surface area contributed by atoms with E-state index >= 15 is 0 Å². The molecule has 5 nitrogen and oxygen atoms in total. The normalized spacial score (nSPS) is 37.0. The summed E-state index contributed by atoms with van der Waals surface area (Å²) in [7, 11) is -3.20. The molecule has 0 bridgehead atoms. The molecular weight excluding hydrogens is 228 g/mol. The van der Waals surface area contributed by atoms with Gasteiger partial charge in [-0.2, -0.15) is 4.31 Å². The third kappa shape index (κ3) is 2.74. The molecule has 0 aromatic heterocycles. The molecule has 2 aliphatic heterocycles. The average molecular weight is 248 g/mol. The Kier molecular flexibility index (Phi) is 3.27. The minimum atomic E-state index is -3.20. The molecular formula is C10H20N2O3S. The Balaban J connectivity index is 1.97. The van der Waals surface area contributed by atoms with Gasteiger partial charge < -0.3 is 10.4 Å². The average Bonchev–Trinajstić information content (AvgIpc) is 2.74. The molecule has 2 heterocycles. The Morgan fingerprint density at radius 3 is 2.81 bits per heavy atom. The molecule has 94 valence electrons. The summed E-state index contributed by atoms with van der Waals surface area (Å²) >= 11 is 0. The van der Waals surface area contributed by atoms with E-state index in [-0.39, 0.29) is 18.3 Å². The molecule has 2 aliphatic rings. The van der Waals surface area contributed by atoms with Crippen molar-refractivity contribution >= 4 is 10.0 Å². The number of β-amino-alcohol motifs (C(OH)–C–C–N with tert-alkyl or cyclic N) is 1. The molecule has 0 radical (unpaired) electrons. The SMILES string of the molecule is CC1(O)CCN(S(=O)(=O)CC2CCCN2)C1. The van der Waals surface area contributed by atoms with Crippen LogP contribution in [0.5, 0.6) is 0 Å². The van der Waals surface area contributed by atoms with Gasteiger partial charge >= 0.3 is 0 Å². The van der Waals surface area contributed by atoms with E-state index in [1.54, 1.807) is 6.92 Å². The summed E-state index contributed by atoms with van der Waals surface area (Å²) in [4.78, 5) is 0. The first-order valence-electron chi connectivity index (χ1n) is 5.83. The van der Waals surface area contributed by atoms with Crippen molar-refractivity contribution in [3.8, 4) is 0 Å². The van der Waals surface area contributed by atoms with Gasteiger partial charge in [-0.25, -0.2) is 8.42 Å². The molecule has 2 unspecified atom stereocenters. The standard InChI is InChI=1S/C10H20N2O3S/c1-10(13)4-6-12(8-10)16(14,15)7-9-3-2-5-11-9/h9,11,13H,2-8H2,1H3. The Hall–Kier alpha value is -0.170. The van der Waals surface area contributed by atoms with Crippen molar-refractivity contribution in [2.75, 3.05) is 25.4 Å². The Bertz CT molecular complexity index is 347. The zero-order chi connectivity index (χ0) is 11.8. The largest absolute Gasteiger partial charge is 0.389 e. The minimum absolute atomic E-state index is 0.0931. The molecule has 0 aromatic carbocycles. The lowest BCUT2D eigenvalue weighted by Crippen LogP contribution is -2.40. The minimum Gasteiger partial charge on any atom is -0.389 e. The van der Waals surface area contributed by atoms with Crippen LogP contribution < -0.4 is 5.32 Å². The van der Waals surface area contributed by atoms with E-state index in [4.69, 9.17) is 0 Å². The van der Waals surface area contributed by atoms with Crippen LogP contribution in [0.4, 0.5) is 0 Å². The van der Waals surface area contributed by atoms with E-state index in [0.717, 1.165) is 19.4 Å². The maximum absolute atomic E-state index is 12.1. The van der Waals surface area contributed by atoms with Gasteiger partial charge in [-0.3, -0.25) is 0 Å². The van der Waals surface area contributed by atoms with Crippen LogP contribution in [0.25, 0.3) is 0 Å². The van der Waals surface area contributed by atoms with Crippen LogP contribution in [0.1, 0.15) is 26.2 Å². The summed E-state index contributed by atoms with van der Waals surface area (Å²) in [5.74, 6) is 0.170. The third-order valence-electron chi connectivity index (χ3n) is 3.38. The van der Waals surface area contributed by atoms with Crippen LogP contribution in [-0.2, 0) is 10.0 Å². The Morgan fingerprint density at radius 1 is 1.56 bits per heavy atom. The zero-order valence-corrected chi connectivity index (χ0v) is 10.5. The van der Waals surface area contributed by atoms with Gasteiger partial charge in [0, 0.05) is 19.1 Å². The number of sulfonamides is 1. The van der Waals surface area contributed by atoms with Crippen molar-refractivity contribution in [3.05, 3.63) is 0 Å². The van der Waals surface area contributed by atoms with E-state index in [9.17, 15) is 13.5 Å². The fourth-order valence-electron chi connectivity index (χ4n) is 2.40. The lowest BCUT2D eigenvalue weighted by molar-refractivity contribution is 0.0762. The van der Waals surface area contributed by atoms with Crippen LogP contribution in [0.15, 0.2) is 0 Å². The molecule has 2 rings (SSSR count). The molecule has 2 saturated heterocycles. The van der Waals surface area contributed by atoms with Crippen molar-refractivity contribution in [1.29, 1.82) is 0 Å². The number of hydrogen-bond acceptors (Lipinski definition) is 4. The molecule has 0 aliphatic carbocycles. The summed E-state index contributed by atoms with van der Waals surface area (Å²) in [6.07, 6.45) is 2.52. The van der Waals surface area contributed by atoms with E-state index in [1.165, 1.54) is 4.31 Å². The molecule has 2 atom stereocenters. The van der Waals surface area contributed by atoms with Gasteiger partial charge in [0.1, 0.15) is 0 Å². The molecule has 6 heteroatoms. The van der Waals surface area contributed by atoms with Crippen molar-refractivity contribution in [2.45, 2.75) is 37.8 Å². The number of nitrogens with zero attached hydrogens (tertiary/aromatic N) is 1. The monoisotopic (exact) mass is 248 g/mol. The second-order valence-electron chi connectivity index (χ2n) is 5.15. The fourth-order valence-corrected chi connectivity index (χ4v) is 4.25. The predicted molar refractivity (Wildman–Crippen MR) is 61.6 cm³/mol. The van der Waals surface area contributed by atoms with E-state index in [0.29, 0.717) is 13.0 Å². The topological polar surface area (TPSA) is 69.6 Å². The highest BCUT2D eigenvalue weighted by molar-refractivity contribution is 7.89. The highest BCUT2D eigenvalue weighted by atomic mass is 32.2. The van der Waals surface area contributed by atoms with Gasteiger partial charge in [0.05, 0.1) is 11.4 Å². The van der Waals surface area contributed by atoms with E-state index in [1.807, 2.05) is 0 Å². The lowest BCUT2D eigenvalue weighted by atomic mass is 10.1. The van der Waals surface area contributed by atoms with Crippen LogP contribution in [0.3, 0.4) is 0 Å². The smallest absolute Gasteiger partial charge is 0.215 e.